The number of hydrogen-bond donors (Lipinski definition) is 2. The number of non-ortho nitro benzene ring substituents is 1. The molecule has 2 N–H and O–H groups in total. The van der Waals surface area contributed by atoms with Crippen LogP contribution in [0.5, 0.6) is 0 Å². The van der Waals surface area contributed by atoms with Crippen LogP contribution in [0.25, 0.3) is 0 Å². The Morgan fingerprint density at radius 2 is 1.64 bits per heavy atom. The number of nitro benzene ring substituents is 1. The van der Waals surface area contributed by atoms with Gasteiger partial charge in [-0.25, -0.2) is 4.79 Å². The van der Waals surface area contributed by atoms with Crippen molar-refractivity contribution in [3.05, 3.63) is 63.2 Å². The van der Waals surface area contributed by atoms with E-state index in [1.807, 2.05) is 0 Å². The molecule has 0 heterocycles. The van der Waals surface area contributed by atoms with Gasteiger partial charge in [0.1, 0.15) is 0 Å². The average molecular weight is 406 g/mol. The van der Waals surface area contributed by atoms with Gasteiger partial charge in [-0.1, -0.05) is 11.6 Å². The van der Waals surface area contributed by atoms with Crippen LogP contribution in [0.4, 0.5) is 17.1 Å². The molecule has 2 aromatic carbocycles. The molecule has 146 valence electrons. The van der Waals surface area contributed by atoms with Crippen LogP contribution in [0, 0.1) is 10.1 Å². The van der Waals surface area contributed by atoms with Gasteiger partial charge < -0.3 is 15.4 Å². The Morgan fingerprint density at radius 1 is 1.07 bits per heavy atom. The number of carbonyl (C=O) groups excluding carboxylic acids is 3. The highest BCUT2D eigenvalue weighted by atomic mass is 35.5. The second-order valence-electron chi connectivity index (χ2n) is 5.72. The fraction of sp³-hybridized carbons (Fsp3) is 0.167. The molecule has 0 saturated heterocycles. The minimum Gasteiger partial charge on any atom is -0.449 e. The molecule has 0 aliphatic heterocycles. The summed E-state index contributed by atoms with van der Waals surface area (Å²) in [5, 5.41) is 15.9. The molecular weight excluding hydrogens is 390 g/mol. The van der Waals surface area contributed by atoms with Gasteiger partial charge in [0.25, 0.3) is 11.6 Å². The van der Waals surface area contributed by atoms with Crippen molar-refractivity contribution < 1.29 is 24.0 Å². The first-order valence-corrected chi connectivity index (χ1v) is 8.38. The Kier molecular flexibility index (Phi) is 6.67. The number of benzene rings is 2. The number of halogens is 1. The molecule has 0 aromatic heterocycles. The minimum atomic E-state index is -1.18. The molecule has 0 fully saturated rings. The average Bonchev–Trinajstić information content (AvgIpc) is 2.62. The van der Waals surface area contributed by atoms with Crippen molar-refractivity contribution in [1.82, 2.24) is 0 Å². The van der Waals surface area contributed by atoms with Crippen molar-refractivity contribution in [3.8, 4) is 0 Å². The number of amides is 2. The van der Waals surface area contributed by atoms with E-state index in [-0.39, 0.29) is 22.2 Å². The maximum atomic E-state index is 12.2. The summed E-state index contributed by atoms with van der Waals surface area (Å²) in [4.78, 5) is 45.6. The van der Waals surface area contributed by atoms with Gasteiger partial charge in [0.15, 0.2) is 6.10 Å². The molecule has 0 aliphatic carbocycles. The lowest BCUT2D eigenvalue weighted by Crippen LogP contribution is -2.30. The molecule has 0 spiro atoms. The fourth-order valence-electron chi connectivity index (χ4n) is 2.14. The maximum absolute atomic E-state index is 12.2. The maximum Gasteiger partial charge on any atom is 0.340 e. The number of rotatable bonds is 6. The lowest BCUT2D eigenvalue weighted by atomic mass is 10.2. The molecule has 0 unspecified atom stereocenters. The van der Waals surface area contributed by atoms with Crippen LogP contribution in [-0.2, 0) is 14.3 Å². The number of nitro groups is 1. The predicted octanol–water partition coefficient (Wildman–Crippen LogP) is 3.39. The van der Waals surface area contributed by atoms with E-state index in [4.69, 9.17) is 16.3 Å². The number of ether oxygens (including phenoxy) is 1. The van der Waals surface area contributed by atoms with Crippen LogP contribution < -0.4 is 10.6 Å². The van der Waals surface area contributed by atoms with Gasteiger partial charge in [-0.05, 0) is 37.3 Å². The third-order valence-electron chi connectivity index (χ3n) is 3.51. The molecule has 0 aliphatic rings. The van der Waals surface area contributed by atoms with Gasteiger partial charge in [0.05, 0.1) is 15.5 Å². The topological polar surface area (TPSA) is 128 Å². The zero-order valence-corrected chi connectivity index (χ0v) is 15.6. The van der Waals surface area contributed by atoms with Crippen LogP contribution in [0.1, 0.15) is 24.2 Å². The first-order chi connectivity index (χ1) is 13.2. The van der Waals surface area contributed by atoms with Crippen molar-refractivity contribution in [2.45, 2.75) is 20.0 Å². The van der Waals surface area contributed by atoms with E-state index < -0.39 is 22.9 Å². The zero-order valence-electron chi connectivity index (χ0n) is 14.9. The first kappa shape index (κ1) is 20.8. The van der Waals surface area contributed by atoms with Crippen molar-refractivity contribution in [3.63, 3.8) is 0 Å². The quantitative estimate of drug-likeness (QED) is 0.430. The summed E-state index contributed by atoms with van der Waals surface area (Å²) in [6.45, 7) is 2.73. The van der Waals surface area contributed by atoms with E-state index in [1.54, 1.807) is 24.3 Å². The van der Waals surface area contributed by atoms with E-state index in [0.29, 0.717) is 11.4 Å². The monoisotopic (exact) mass is 405 g/mol. The number of carbonyl (C=O) groups is 3. The Bertz CT molecular complexity index is 929. The summed E-state index contributed by atoms with van der Waals surface area (Å²) >= 11 is 5.89. The lowest BCUT2D eigenvalue weighted by Gasteiger charge is -2.14. The normalized spacial score (nSPS) is 11.2. The largest absolute Gasteiger partial charge is 0.449 e. The summed E-state index contributed by atoms with van der Waals surface area (Å²) in [6, 6.07) is 9.66. The number of esters is 1. The van der Waals surface area contributed by atoms with Crippen LogP contribution >= 0.6 is 11.6 Å². The molecule has 1 atom stereocenters. The van der Waals surface area contributed by atoms with Gasteiger partial charge in [-0.3, -0.25) is 19.7 Å². The number of nitrogens with zero attached hydrogens (tertiary/aromatic N) is 1. The molecule has 0 bridgehead atoms. The van der Waals surface area contributed by atoms with E-state index in [0.717, 1.165) is 12.1 Å². The summed E-state index contributed by atoms with van der Waals surface area (Å²) in [6.07, 6.45) is -1.18. The molecule has 0 radical (unpaired) electrons. The molecular formula is C18H16ClN3O6. The Labute approximate surface area is 164 Å². The molecule has 28 heavy (non-hydrogen) atoms. The molecule has 2 aromatic rings. The highest BCUT2D eigenvalue weighted by Gasteiger charge is 2.22. The molecule has 9 nitrogen and oxygen atoms in total. The Morgan fingerprint density at radius 3 is 2.18 bits per heavy atom. The summed E-state index contributed by atoms with van der Waals surface area (Å²) in [5.41, 5.74) is 0.448. The number of anilines is 2. The third-order valence-corrected chi connectivity index (χ3v) is 3.84. The summed E-state index contributed by atoms with van der Waals surface area (Å²) in [5.74, 6) is -1.79. The smallest absolute Gasteiger partial charge is 0.340 e. The lowest BCUT2D eigenvalue weighted by molar-refractivity contribution is -0.384. The van der Waals surface area contributed by atoms with E-state index in [9.17, 15) is 24.5 Å². The second kappa shape index (κ2) is 8.96. The second-order valence-corrected chi connectivity index (χ2v) is 6.12. The minimum absolute atomic E-state index is 0.0308. The molecule has 2 rings (SSSR count). The summed E-state index contributed by atoms with van der Waals surface area (Å²) in [7, 11) is 0. The van der Waals surface area contributed by atoms with Crippen molar-refractivity contribution in [2.24, 2.45) is 0 Å². The van der Waals surface area contributed by atoms with Gasteiger partial charge in [-0.2, -0.15) is 0 Å². The van der Waals surface area contributed by atoms with Crippen LogP contribution in [0.15, 0.2) is 42.5 Å². The predicted molar refractivity (Wildman–Crippen MR) is 102 cm³/mol. The van der Waals surface area contributed by atoms with Crippen molar-refractivity contribution in [1.29, 1.82) is 0 Å². The highest BCUT2D eigenvalue weighted by Crippen LogP contribution is 2.23. The van der Waals surface area contributed by atoms with Gasteiger partial charge in [0, 0.05) is 30.4 Å². The van der Waals surface area contributed by atoms with E-state index >= 15 is 0 Å². The van der Waals surface area contributed by atoms with E-state index in [2.05, 4.69) is 10.6 Å². The standard InChI is InChI=1S/C18H16ClN3O6/c1-10(17(24)21-13-5-3-12(4-6-13)20-11(2)23)28-18(25)15-9-14(22(26)27)7-8-16(15)19/h3-10H,1-2H3,(H,20,23)(H,21,24)/t10-/m1/s1. The van der Waals surface area contributed by atoms with Gasteiger partial charge in [-0.15, -0.1) is 0 Å². The molecule has 0 saturated carbocycles. The van der Waals surface area contributed by atoms with Crippen LogP contribution in [-0.4, -0.2) is 28.8 Å². The first-order valence-electron chi connectivity index (χ1n) is 8.01. The van der Waals surface area contributed by atoms with E-state index in [1.165, 1.54) is 19.9 Å². The van der Waals surface area contributed by atoms with Crippen molar-refractivity contribution in [2.75, 3.05) is 10.6 Å². The Hall–Kier alpha value is -3.46. The summed E-state index contributed by atoms with van der Waals surface area (Å²) < 4.78 is 5.05. The fourth-order valence-corrected chi connectivity index (χ4v) is 2.34. The Balaban J connectivity index is 2.02. The SMILES string of the molecule is CC(=O)Nc1ccc(NC(=O)[C@@H](C)OC(=O)c2cc([N+](=O)[O-])ccc2Cl)cc1. The van der Waals surface area contributed by atoms with Gasteiger partial charge >= 0.3 is 5.97 Å². The highest BCUT2D eigenvalue weighted by molar-refractivity contribution is 6.33. The van der Waals surface area contributed by atoms with Crippen LogP contribution in [0.2, 0.25) is 5.02 Å². The third kappa shape index (κ3) is 5.52. The van der Waals surface area contributed by atoms with Crippen molar-refractivity contribution >= 4 is 46.4 Å². The number of hydrogen-bond acceptors (Lipinski definition) is 6. The van der Waals surface area contributed by atoms with Gasteiger partial charge in [0.2, 0.25) is 5.91 Å². The van der Waals surface area contributed by atoms with Crippen LogP contribution in [0.3, 0.4) is 0 Å². The molecule has 10 heteroatoms. The molecule has 2 amide bonds. The number of nitrogens with one attached hydrogen (secondary N) is 2. The zero-order chi connectivity index (χ0) is 20.8.